The number of para-hydroxylation sites is 1. The number of aromatic amines is 1. The number of benzene rings is 2. The predicted octanol–water partition coefficient (Wildman–Crippen LogP) is 5.83. The maximum atomic E-state index is 12.6. The van der Waals surface area contributed by atoms with Gasteiger partial charge in [0.1, 0.15) is 5.69 Å². The zero-order valence-corrected chi connectivity index (χ0v) is 16.2. The molecule has 6 heteroatoms. The molecule has 2 aromatic heterocycles. The number of hydrogen-bond acceptors (Lipinski definition) is 2. The summed E-state index contributed by atoms with van der Waals surface area (Å²) in [5.41, 5.74) is 3.69. The molecule has 0 fully saturated rings. The fraction of sp³-hybridized carbons (Fsp3) is 0.143. The third-order valence-corrected chi connectivity index (χ3v) is 5.20. The monoisotopic (exact) mass is 397 g/mol. The summed E-state index contributed by atoms with van der Waals surface area (Å²) in [6, 6.07) is 15.2. The van der Waals surface area contributed by atoms with Gasteiger partial charge in [-0.05, 0) is 30.7 Å². The van der Waals surface area contributed by atoms with Gasteiger partial charge >= 0.3 is 0 Å². The minimum Gasteiger partial charge on any atom is -0.353 e. The third kappa shape index (κ3) is 3.27. The molecule has 4 aromatic rings. The molecule has 0 bridgehead atoms. The second-order valence-corrected chi connectivity index (χ2v) is 7.15. The van der Waals surface area contributed by atoms with E-state index in [-0.39, 0.29) is 5.91 Å². The minimum absolute atomic E-state index is 0.189. The molecule has 0 aliphatic heterocycles. The van der Waals surface area contributed by atoms with Gasteiger partial charge in [-0.1, -0.05) is 54.4 Å². The predicted molar refractivity (Wildman–Crippen MR) is 112 cm³/mol. The summed E-state index contributed by atoms with van der Waals surface area (Å²) in [6.07, 6.45) is 0.862. The molecule has 0 radical (unpaired) electrons. The first-order valence-corrected chi connectivity index (χ1v) is 9.49. The standard InChI is InChI=1S/C21H17Cl2N3O/c1-2-9-24-21(27)18-11-14-13-5-3-4-6-17(13)25-20(14)19(26-18)12-7-8-15(22)16(23)10-12/h3-8,10-11,25H,2,9H2,1H3,(H,24,27). The highest BCUT2D eigenvalue weighted by Gasteiger charge is 2.17. The van der Waals surface area contributed by atoms with Crippen LogP contribution in [0.1, 0.15) is 23.8 Å². The Kier molecular flexibility index (Phi) is 4.77. The van der Waals surface area contributed by atoms with Crippen molar-refractivity contribution in [1.29, 1.82) is 0 Å². The van der Waals surface area contributed by atoms with E-state index in [1.165, 1.54) is 0 Å². The Bertz CT molecular complexity index is 1170. The van der Waals surface area contributed by atoms with E-state index < -0.39 is 0 Å². The molecule has 2 heterocycles. The van der Waals surface area contributed by atoms with Crippen molar-refractivity contribution in [2.45, 2.75) is 13.3 Å². The third-order valence-electron chi connectivity index (χ3n) is 4.46. The molecule has 27 heavy (non-hydrogen) atoms. The van der Waals surface area contributed by atoms with Gasteiger partial charge in [0.05, 0.1) is 21.3 Å². The van der Waals surface area contributed by atoms with Crippen molar-refractivity contribution >= 4 is 50.9 Å². The van der Waals surface area contributed by atoms with Crippen LogP contribution < -0.4 is 5.32 Å². The lowest BCUT2D eigenvalue weighted by Gasteiger charge is -2.09. The van der Waals surface area contributed by atoms with Gasteiger partial charge in [0.25, 0.3) is 5.91 Å². The van der Waals surface area contributed by atoms with Crippen LogP contribution in [0.15, 0.2) is 48.5 Å². The van der Waals surface area contributed by atoms with Gasteiger partial charge < -0.3 is 10.3 Å². The second kappa shape index (κ2) is 7.22. The number of nitrogens with one attached hydrogen (secondary N) is 2. The molecule has 2 N–H and O–H groups in total. The molecule has 0 aliphatic rings. The minimum atomic E-state index is -0.189. The fourth-order valence-corrected chi connectivity index (χ4v) is 3.44. The number of rotatable bonds is 4. The van der Waals surface area contributed by atoms with Crippen LogP contribution in [-0.2, 0) is 0 Å². The van der Waals surface area contributed by atoms with Gasteiger partial charge in [-0.2, -0.15) is 0 Å². The number of pyridine rings is 1. The van der Waals surface area contributed by atoms with Crippen LogP contribution in [0.2, 0.25) is 10.0 Å². The molecule has 0 aliphatic carbocycles. The SMILES string of the molecule is CCCNC(=O)c1cc2c([nH]c3ccccc32)c(-c2ccc(Cl)c(Cl)c2)n1. The van der Waals surface area contributed by atoms with Crippen LogP contribution >= 0.6 is 23.2 Å². The largest absolute Gasteiger partial charge is 0.353 e. The zero-order chi connectivity index (χ0) is 19.0. The van der Waals surface area contributed by atoms with E-state index in [9.17, 15) is 4.79 Å². The summed E-state index contributed by atoms with van der Waals surface area (Å²) in [6.45, 7) is 2.62. The molecule has 4 rings (SSSR count). The highest BCUT2D eigenvalue weighted by Crippen LogP contribution is 2.35. The number of halogens is 2. The molecule has 136 valence electrons. The average molecular weight is 398 g/mol. The van der Waals surface area contributed by atoms with E-state index in [4.69, 9.17) is 23.2 Å². The number of aromatic nitrogens is 2. The van der Waals surface area contributed by atoms with Gasteiger partial charge in [0, 0.05) is 28.4 Å². The number of amides is 1. The Hall–Kier alpha value is -2.56. The van der Waals surface area contributed by atoms with E-state index >= 15 is 0 Å². The maximum Gasteiger partial charge on any atom is 0.269 e. The average Bonchev–Trinajstić information content (AvgIpc) is 3.06. The van der Waals surface area contributed by atoms with Crippen molar-refractivity contribution < 1.29 is 4.79 Å². The zero-order valence-electron chi connectivity index (χ0n) is 14.6. The fourth-order valence-electron chi connectivity index (χ4n) is 3.14. The van der Waals surface area contributed by atoms with Crippen LogP contribution in [0.5, 0.6) is 0 Å². The normalized spacial score (nSPS) is 11.2. The number of fused-ring (bicyclic) bond motifs is 3. The first kappa shape index (κ1) is 17.8. The Labute approximate surface area is 166 Å². The summed E-state index contributed by atoms with van der Waals surface area (Å²) >= 11 is 12.3. The topological polar surface area (TPSA) is 57.8 Å². The van der Waals surface area contributed by atoms with E-state index in [0.717, 1.165) is 33.8 Å². The van der Waals surface area contributed by atoms with E-state index in [1.807, 2.05) is 43.3 Å². The number of carbonyl (C=O) groups excluding carboxylic acids is 1. The van der Waals surface area contributed by atoms with E-state index in [2.05, 4.69) is 15.3 Å². The molecule has 0 unspecified atom stereocenters. The quantitative estimate of drug-likeness (QED) is 0.454. The lowest BCUT2D eigenvalue weighted by molar-refractivity contribution is 0.0949. The van der Waals surface area contributed by atoms with Crippen LogP contribution in [-0.4, -0.2) is 22.4 Å². The van der Waals surface area contributed by atoms with Crippen LogP contribution in [0, 0.1) is 0 Å². The highest BCUT2D eigenvalue weighted by atomic mass is 35.5. The Morgan fingerprint density at radius 2 is 1.89 bits per heavy atom. The van der Waals surface area contributed by atoms with Crippen molar-refractivity contribution in [3.8, 4) is 11.3 Å². The maximum absolute atomic E-state index is 12.6. The molecule has 1 amide bonds. The Morgan fingerprint density at radius 1 is 1.07 bits per heavy atom. The molecular formula is C21H17Cl2N3O. The summed E-state index contributed by atoms with van der Waals surface area (Å²) in [5, 5.41) is 5.81. The van der Waals surface area contributed by atoms with Gasteiger partial charge in [-0.15, -0.1) is 0 Å². The molecule has 0 atom stereocenters. The van der Waals surface area contributed by atoms with Crippen molar-refractivity contribution in [2.24, 2.45) is 0 Å². The van der Waals surface area contributed by atoms with Crippen molar-refractivity contribution in [1.82, 2.24) is 15.3 Å². The van der Waals surface area contributed by atoms with Crippen LogP contribution in [0.3, 0.4) is 0 Å². The number of H-pyrrole nitrogens is 1. The number of carbonyl (C=O) groups is 1. The second-order valence-electron chi connectivity index (χ2n) is 6.33. The highest BCUT2D eigenvalue weighted by molar-refractivity contribution is 6.42. The first-order valence-electron chi connectivity index (χ1n) is 8.73. The molecular weight excluding hydrogens is 381 g/mol. The van der Waals surface area contributed by atoms with Crippen molar-refractivity contribution in [2.75, 3.05) is 6.54 Å². The molecule has 0 saturated carbocycles. The van der Waals surface area contributed by atoms with E-state index in [0.29, 0.717) is 28.0 Å². The van der Waals surface area contributed by atoms with E-state index in [1.54, 1.807) is 12.1 Å². The number of hydrogen-bond donors (Lipinski definition) is 2. The molecule has 0 saturated heterocycles. The molecule has 4 nitrogen and oxygen atoms in total. The van der Waals surface area contributed by atoms with Gasteiger partial charge in [-0.25, -0.2) is 4.98 Å². The summed E-state index contributed by atoms with van der Waals surface area (Å²) in [4.78, 5) is 20.6. The van der Waals surface area contributed by atoms with Gasteiger partial charge in [0.15, 0.2) is 0 Å². The lowest BCUT2D eigenvalue weighted by Crippen LogP contribution is -2.25. The van der Waals surface area contributed by atoms with Crippen molar-refractivity contribution in [3.63, 3.8) is 0 Å². The summed E-state index contributed by atoms with van der Waals surface area (Å²) < 4.78 is 0. The smallest absolute Gasteiger partial charge is 0.269 e. The van der Waals surface area contributed by atoms with Crippen LogP contribution in [0.25, 0.3) is 33.1 Å². The molecule has 2 aromatic carbocycles. The first-order chi connectivity index (χ1) is 13.1. The number of nitrogens with zero attached hydrogens (tertiary/aromatic N) is 1. The lowest BCUT2D eigenvalue weighted by atomic mass is 10.1. The van der Waals surface area contributed by atoms with Crippen molar-refractivity contribution in [3.05, 3.63) is 64.3 Å². The summed E-state index contributed by atoms with van der Waals surface area (Å²) in [5.74, 6) is -0.189. The summed E-state index contributed by atoms with van der Waals surface area (Å²) in [7, 11) is 0. The van der Waals surface area contributed by atoms with Gasteiger partial charge in [0.2, 0.25) is 0 Å². The Balaban J connectivity index is 1.99. The van der Waals surface area contributed by atoms with Gasteiger partial charge in [-0.3, -0.25) is 4.79 Å². The van der Waals surface area contributed by atoms with Crippen LogP contribution in [0.4, 0.5) is 0 Å². The molecule has 0 spiro atoms. The Morgan fingerprint density at radius 3 is 2.67 bits per heavy atom.